The fourth-order valence-electron chi connectivity index (χ4n) is 2.52. The van der Waals surface area contributed by atoms with E-state index in [1.807, 2.05) is 0 Å². The third-order valence-electron chi connectivity index (χ3n) is 3.70. The molecule has 1 aliphatic carbocycles. The third kappa shape index (κ3) is 2.90. The van der Waals surface area contributed by atoms with Crippen molar-refractivity contribution in [3.05, 3.63) is 35.4 Å². The molecule has 1 fully saturated rings. The summed E-state index contributed by atoms with van der Waals surface area (Å²) < 4.78 is 0. The van der Waals surface area contributed by atoms with E-state index in [-0.39, 0.29) is 6.04 Å². The van der Waals surface area contributed by atoms with Crippen molar-refractivity contribution in [3.8, 4) is 12.3 Å². The highest BCUT2D eigenvalue weighted by molar-refractivity contribution is 5.27. The molecule has 1 heteroatoms. The third-order valence-corrected chi connectivity index (χ3v) is 3.70. The maximum absolute atomic E-state index is 5.46. The molecule has 0 amide bonds. The molecular weight excluding hydrogens is 206 g/mol. The van der Waals surface area contributed by atoms with E-state index in [4.69, 9.17) is 6.42 Å². The molecule has 1 unspecified atom stereocenters. The highest BCUT2D eigenvalue weighted by atomic mass is 15.0. The molecule has 2 rings (SSSR count). The fraction of sp³-hybridized carbons (Fsp3) is 0.500. The van der Waals surface area contributed by atoms with Crippen molar-refractivity contribution in [2.45, 2.75) is 51.1 Å². The first-order chi connectivity index (χ1) is 8.22. The molecule has 0 radical (unpaired) electrons. The minimum absolute atomic E-state index is 0.249. The van der Waals surface area contributed by atoms with Crippen molar-refractivity contribution in [2.24, 2.45) is 0 Å². The molecule has 0 spiro atoms. The summed E-state index contributed by atoms with van der Waals surface area (Å²) in [5.74, 6) is 3.53. The SMILES string of the molecule is C#CC(CC)NC1CC(c2cccc(C)c2)C1. The van der Waals surface area contributed by atoms with Gasteiger partial charge in [0.1, 0.15) is 0 Å². The Hall–Kier alpha value is -1.26. The number of terminal acetylenes is 1. The van der Waals surface area contributed by atoms with Gasteiger partial charge in [0.15, 0.2) is 0 Å². The van der Waals surface area contributed by atoms with Gasteiger partial charge in [0, 0.05) is 6.04 Å². The van der Waals surface area contributed by atoms with E-state index in [1.165, 1.54) is 24.0 Å². The Kier molecular flexibility index (Phi) is 3.86. The fourth-order valence-corrected chi connectivity index (χ4v) is 2.52. The van der Waals surface area contributed by atoms with E-state index in [9.17, 15) is 0 Å². The van der Waals surface area contributed by atoms with E-state index in [2.05, 4.69) is 49.4 Å². The van der Waals surface area contributed by atoms with Crippen LogP contribution in [-0.4, -0.2) is 12.1 Å². The van der Waals surface area contributed by atoms with Crippen molar-refractivity contribution >= 4 is 0 Å². The van der Waals surface area contributed by atoms with E-state index in [0.717, 1.165) is 12.3 Å². The quantitative estimate of drug-likeness (QED) is 0.779. The molecule has 1 aromatic carbocycles. The summed E-state index contributed by atoms with van der Waals surface area (Å²) in [6, 6.07) is 9.72. The second-order valence-corrected chi connectivity index (χ2v) is 5.07. The maximum Gasteiger partial charge on any atom is 0.0686 e. The van der Waals surface area contributed by atoms with Crippen LogP contribution in [0.3, 0.4) is 0 Å². The average Bonchev–Trinajstić information content (AvgIpc) is 2.28. The standard InChI is InChI=1S/C16H21N/c1-4-15(5-2)17-16-10-14(11-16)13-8-6-7-12(3)9-13/h1,6-9,14-17H,5,10-11H2,2-3H3. The number of rotatable bonds is 4. The molecular formula is C16H21N. The number of hydrogen-bond acceptors (Lipinski definition) is 1. The minimum atomic E-state index is 0.249. The molecule has 1 nitrogen and oxygen atoms in total. The van der Waals surface area contributed by atoms with Gasteiger partial charge in [0.2, 0.25) is 0 Å². The maximum atomic E-state index is 5.46. The van der Waals surface area contributed by atoms with Gasteiger partial charge in [-0.1, -0.05) is 42.7 Å². The normalized spacial score (nSPS) is 24.8. The predicted octanol–water partition coefficient (Wildman–Crippen LogP) is 3.24. The molecule has 0 aliphatic heterocycles. The smallest absolute Gasteiger partial charge is 0.0686 e. The molecule has 0 saturated heterocycles. The van der Waals surface area contributed by atoms with Crippen LogP contribution >= 0.6 is 0 Å². The van der Waals surface area contributed by atoms with E-state index in [0.29, 0.717) is 6.04 Å². The zero-order valence-corrected chi connectivity index (χ0v) is 10.7. The van der Waals surface area contributed by atoms with Gasteiger partial charge < -0.3 is 5.32 Å². The topological polar surface area (TPSA) is 12.0 Å². The lowest BCUT2D eigenvalue weighted by Crippen LogP contribution is -2.44. The van der Waals surface area contributed by atoms with Crippen LogP contribution in [0.2, 0.25) is 0 Å². The van der Waals surface area contributed by atoms with Crippen LogP contribution in [0.15, 0.2) is 24.3 Å². The molecule has 0 aromatic heterocycles. The lowest BCUT2D eigenvalue weighted by molar-refractivity contribution is 0.278. The van der Waals surface area contributed by atoms with Crippen molar-refractivity contribution < 1.29 is 0 Å². The first kappa shape index (κ1) is 12.2. The predicted molar refractivity (Wildman–Crippen MR) is 73.0 cm³/mol. The molecule has 1 atom stereocenters. The van der Waals surface area contributed by atoms with E-state index < -0.39 is 0 Å². The van der Waals surface area contributed by atoms with Gasteiger partial charge in [-0.2, -0.15) is 0 Å². The van der Waals surface area contributed by atoms with Gasteiger partial charge in [-0.15, -0.1) is 6.42 Å². The summed E-state index contributed by atoms with van der Waals surface area (Å²) in [7, 11) is 0. The van der Waals surface area contributed by atoms with Crippen LogP contribution in [0, 0.1) is 19.3 Å². The zero-order chi connectivity index (χ0) is 12.3. The number of benzene rings is 1. The van der Waals surface area contributed by atoms with Crippen molar-refractivity contribution in [3.63, 3.8) is 0 Å². The average molecular weight is 227 g/mol. The van der Waals surface area contributed by atoms with E-state index >= 15 is 0 Å². The second-order valence-electron chi connectivity index (χ2n) is 5.07. The Morgan fingerprint density at radius 2 is 2.24 bits per heavy atom. The first-order valence-electron chi connectivity index (χ1n) is 6.51. The van der Waals surface area contributed by atoms with Gasteiger partial charge in [-0.25, -0.2) is 0 Å². The Balaban J connectivity index is 1.85. The molecule has 17 heavy (non-hydrogen) atoms. The molecule has 1 saturated carbocycles. The lowest BCUT2D eigenvalue weighted by Gasteiger charge is -2.38. The summed E-state index contributed by atoms with van der Waals surface area (Å²) in [6.45, 7) is 4.29. The molecule has 0 bridgehead atoms. The summed E-state index contributed by atoms with van der Waals surface area (Å²) in [6.07, 6.45) is 8.93. The molecule has 1 aliphatic rings. The zero-order valence-electron chi connectivity index (χ0n) is 10.7. The summed E-state index contributed by atoms with van der Waals surface area (Å²) in [4.78, 5) is 0. The molecule has 1 aromatic rings. The van der Waals surface area contributed by atoms with Crippen molar-refractivity contribution in [1.29, 1.82) is 0 Å². The van der Waals surface area contributed by atoms with Crippen molar-refractivity contribution in [2.75, 3.05) is 0 Å². The van der Waals surface area contributed by atoms with Crippen LogP contribution in [0.4, 0.5) is 0 Å². The first-order valence-corrected chi connectivity index (χ1v) is 6.51. The van der Waals surface area contributed by atoms with Crippen LogP contribution in [0.5, 0.6) is 0 Å². The van der Waals surface area contributed by atoms with Gasteiger partial charge in [0.25, 0.3) is 0 Å². The number of nitrogens with one attached hydrogen (secondary N) is 1. The molecule has 0 heterocycles. The Labute approximate surface area is 105 Å². The number of hydrogen-bond donors (Lipinski definition) is 1. The Morgan fingerprint density at radius 1 is 1.47 bits per heavy atom. The van der Waals surface area contributed by atoms with Crippen LogP contribution in [0.1, 0.15) is 43.2 Å². The lowest BCUT2D eigenvalue weighted by atomic mass is 9.75. The van der Waals surface area contributed by atoms with Gasteiger partial charge in [-0.05, 0) is 37.7 Å². The largest absolute Gasteiger partial charge is 0.301 e. The van der Waals surface area contributed by atoms with E-state index in [1.54, 1.807) is 0 Å². The van der Waals surface area contributed by atoms with Crippen LogP contribution < -0.4 is 5.32 Å². The summed E-state index contributed by atoms with van der Waals surface area (Å²) in [5.41, 5.74) is 2.84. The monoisotopic (exact) mass is 227 g/mol. The molecule has 1 N–H and O–H groups in total. The van der Waals surface area contributed by atoms with Gasteiger partial charge >= 0.3 is 0 Å². The Bertz CT molecular complexity index is 410. The van der Waals surface area contributed by atoms with Crippen molar-refractivity contribution in [1.82, 2.24) is 5.32 Å². The van der Waals surface area contributed by atoms with Crippen LogP contribution in [0.25, 0.3) is 0 Å². The molecule has 90 valence electrons. The highest BCUT2D eigenvalue weighted by Crippen LogP contribution is 2.37. The van der Waals surface area contributed by atoms with Gasteiger partial charge in [-0.3, -0.25) is 0 Å². The summed E-state index contributed by atoms with van der Waals surface area (Å²) >= 11 is 0. The second kappa shape index (κ2) is 5.38. The summed E-state index contributed by atoms with van der Waals surface area (Å²) in [5, 5.41) is 3.53. The Morgan fingerprint density at radius 3 is 2.82 bits per heavy atom. The minimum Gasteiger partial charge on any atom is -0.301 e. The van der Waals surface area contributed by atoms with Crippen LogP contribution in [-0.2, 0) is 0 Å². The van der Waals surface area contributed by atoms with Gasteiger partial charge in [0.05, 0.1) is 6.04 Å². The highest BCUT2D eigenvalue weighted by Gasteiger charge is 2.30. The number of aryl methyl sites for hydroxylation is 1.